The van der Waals surface area contributed by atoms with E-state index in [4.69, 9.17) is 4.74 Å². The van der Waals surface area contributed by atoms with Crippen LogP contribution in [0.25, 0.3) is 0 Å². The minimum atomic E-state index is -0.154. The zero-order valence-electron chi connectivity index (χ0n) is 10.9. The highest BCUT2D eigenvalue weighted by molar-refractivity contribution is 14.1. The molecule has 0 aliphatic heterocycles. The summed E-state index contributed by atoms with van der Waals surface area (Å²) in [5.41, 5.74) is 3.29. The molecule has 1 aromatic carbocycles. The molecule has 0 atom stereocenters. The van der Waals surface area contributed by atoms with E-state index in [2.05, 4.69) is 32.9 Å². The van der Waals surface area contributed by atoms with Crippen molar-refractivity contribution in [3.63, 3.8) is 0 Å². The van der Waals surface area contributed by atoms with E-state index in [0.29, 0.717) is 12.5 Å². The lowest BCUT2D eigenvalue weighted by molar-refractivity contribution is -0.130. The predicted octanol–water partition coefficient (Wildman–Crippen LogP) is 2.83. The van der Waals surface area contributed by atoms with Crippen LogP contribution >= 0.6 is 22.6 Å². The van der Waals surface area contributed by atoms with Gasteiger partial charge in [0.25, 0.3) is 0 Å². The van der Waals surface area contributed by atoms with Gasteiger partial charge in [0, 0.05) is 3.57 Å². The highest BCUT2D eigenvalue weighted by Crippen LogP contribution is 2.26. The Labute approximate surface area is 126 Å². The lowest BCUT2D eigenvalue weighted by atomic mass is 10.1. The third-order valence-corrected chi connectivity index (χ3v) is 4.24. The maximum Gasteiger partial charge on any atom is 0.247 e. The first-order valence-electron chi connectivity index (χ1n) is 6.46. The average molecular weight is 375 g/mol. The van der Waals surface area contributed by atoms with Gasteiger partial charge in [0.2, 0.25) is 5.91 Å². The number of benzene rings is 1. The third-order valence-electron chi connectivity index (χ3n) is 3.19. The lowest BCUT2D eigenvalue weighted by Gasteiger charge is -2.14. The van der Waals surface area contributed by atoms with Crippen LogP contribution in [-0.2, 0) is 16.1 Å². The maximum absolute atomic E-state index is 11.5. The molecule has 104 valence electrons. The molecule has 5 heteroatoms. The normalized spacial score (nSPS) is 15.5. The number of ether oxygens (including phenoxy) is 1. The monoisotopic (exact) mass is 375 g/mol. The average Bonchev–Trinajstić information content (AvgIpc) is 2.86. The summed E-state index contributed by atoms with van der Waals surface area (Å²) in [6.07, 6.45) is 5.39. The van der Waals surface area contributed by atoms with Crippen LogP contribution in [0, 0.1) is 3.57 Å². The molecule has 19 heavy (non-hydrogen) atoms. The van der Waals surface area contributed by atoms with E-state index in [1.807, 2.05) is 18.2 Å². The Morgan fingerprint density at radius 2 is 2.16 bits per heavy atom. The molecule has 1 amide bonds. The third kappa shape index (κ3) is 4.35. The van der Waals surface area contributed by atoms with Crippen LogP contribution in [0.4, 0.5) is 0 Å². The van der Waals surface area contributed by atoms with E-state index < -0.39 is 0 Å². The first-order chi connectivity index (χ1) is 9.19. The van der Waals surface area contributed by atoms with E-state index in [-0.39, 0.29) is 5.91 Å². The van der Waals surface area contributed by atoms with Crippen molar-refractivity contribution in [3.8, 4) is 5.75 Å². The van der Waals surface area contributed by atoms with Crippen LogP contribution in [0.1, 0.15) is 31.2 Å². The van der Waals surface area contributed by atoms with Gasteiger partial charge < -0.3 is 4.74 Å². The molecule has 1 aromatic rings. The molecule has 1 aliphatic carbocycles. The number of halogens is 1. The first-order valence-corrected chi connectivity index (χ1v) is 7.54. The highest BCUT2D eigenvalue weighted by Gasteiger charge is 2.17. The number of nitrogens with one attached hydrogen (secondary N) is 1. The standard InChI is InChI=1S/C14H18INO3/c1-18-16-14(17)9-10-8-12(6-7-13(10)15)19-11-4-2-3-5-11/h6-8,11H,2-5,9H2,1H3,(H,16,17). The Morgan fingerprint density at radius 3 is 2.84 bits per heavy atom. The van der Waals surface area contributed by atoms with Crippen LogP contribution in [0.2, 0.25) is 0 Å². The zero-order chi connectivity index (χ0) is 13.7. The van der Waals surface area contributed by atoms with Gasteiger partial charge in [-0.05, 0) is 72.0 Å². The molecule has 1 aliphatic rings. The van der Waals surface area contributed by atoms with E-state index in [9.17, 15) is 4.79 Å². The van der Waals surface area contributed by atoms with Crippen molar-refractivity contribution < 1.29 is 14.4 Å². The Balaban J connectivity index is 2.03. The van der Waals surface area contributed by atoms with Gasteiger partial charge in [0.1, 0.15) is 5.75 Å². The molecular formula is C14H18INO3. The molecule has 0 heterocycles. The minimum absolute atomic E-state index is 0.154. The smallest absolute Gasteiger partial charge is 0.247 e. The molecule has 0 bridgehead atoms. The van der Waals surface area contributed by atoms with Crippen molar-refractivity contribution in [2.45, 2.75) is 38.2 Å². The number of hydrogen-bond donors (Lipinski definition) is 1. The number of rotatable bonds is 5. The lowest BCUT2D eigenvalue weighted by Crippen LogP contribution is -2.24. The van der Waals surface area contributed by atoms with Gasteiger partial charge in [-0.15, -0.1) is 0 Å². The number of amides is 1. The molecule has 0 unspecified atom stereocenters. The summed E-state index contributed by atoms with van der Waals surface area (Å²) < 4.78 is 7.00. The number of carbonyl (C=O) groups is 1. The molecule has 0 saturated heterocycles. The maximum atomic E-state index is 11.5. The van der Waals surface area contributed by atoms with Crippen LogP contribution in [0.3, 0.4) is 0 Å². The molecule has 0 spiro atoms. The summed E-state index contributed by atoms with van der Waals surface area (Å²) in [6, 6.07) is 5.91. The van der Waals surface area contributed by atoms with E-state index in [1.54, 1.807) is 0 Å². The molecule has 2 rings (SSSR count). The van der Waals surface area contributed by atoms with Crippen molar-refractivity contribution in [2.24, 2.45) is 0 Å². The van der Waals surface area contributed by atoms with Crippen molar-refractivity contribution in [2.75, 3.05) is 7.11 Å². The van der Waals surface area contributed by atoms with Gasteiger partial charge in [-0.2, -0.15) is 0 Å². The van der Waals surface area contributed by atoms with Gasteiger partial charge >= 0.3 is 0 Å². The summed E-state index contributed by atoms with van der Waals surface area (Å²) >= 11 is 2.23. The molecule has 1 saturated carbocycles. The van der Waals surface area contributed by atoms with E-state index >= 15 is 0 Å². The Morgan fingerprint density at radius 1 is 1.42 bits per heavy atom. The Kier molecular flexibility index (Phi) is 5.45. The summed E-state index contributed by atoms with van der Waals surface area (Å²) in [7, 11) is 1.43. The second-order valence-corrected chi connectivity index (χ2v) is 5.85. The van der Waals surface area contributed by atoms with Crippen LogP contribution in [0.5, 0.6) is 5.75 Å². The number of hydrogen-bond acceptors (Lipinski definition) is 3. The zero-order valence-corrected chi connectivity index (χ0v) is 13.1. The number of carbonyl (C=O) groups excluding carboxylic acids is 1. The van der Waals surface area contributed by atoms with Crippen LogP contribution < -0.4 is 10.2 Å². The van der Waals surface area contributed by atoms with Crippen molar-refractivity contribution in [1.82, 2.24) is 5.48 Å². The van der Waals surface area contributed by atoms with E-state index in [1.165, 1.54) is 20.0 Å². The van der Waals surface area contributed by atoms with Gasteiger partial charge in [0.15, 0.2) is 0 Å². The first kappa shape index (κ1) is 14.6. The van der Waals surface area contributed by atoms with Crippen molar-refractivity contribution in [1.29, 1.82) is 0 Å². The largest absolute Gasteiger partial charge is 0.490 e. The summed E-state index contributed by atoms with van der Waals surface area (Å²) in [5, 5.41) is 0. The fourth-order valence-electron chi connectivity index (χ4n) is 2.28. The number of hydroxylamine groups is 1. The minimum Gasteiger partial charge on any atom is -0.490 e. The molecular weight excluding hydrogens is 357 g/mol. The van der Waals surface area contributed by atoms with Crippen molar-refractivity contribution >= 4 is 28.5 Å². The highest BCUT2D eigenvalue weighted by atomic mass is 127. The molecule has 4 nitrogen and oxygen atoms in total. The summed E-state index contributed by atoms with van der Waals surface area (Å²) in [5.74, 6) is 0.700. The topological polar surface area (TPSA) is 47.6 Å². The van der Waals surface area contributed by atoms with Gasteiger partial charge in [-0.1, -0.05) is 0 Å². The molecule has 1 N–H and O–H groups in total. The van der Waals surface area contributed by atoms with E-state index in [0.717, 1.165) is 27.7 Å². The quantitative estimate of drug-likeness (QED) is 0.636. The SMILES string of the molecule is CONC(=O)Cc1cc(OC2CCCC2)ccc1I. The van der Waals surface area contributed by atoms with Gasteiger partial charge in [0.05, 0.1) is 19.6 Å². The molecule has 0 aromatic heterocycles. The predicted molar refractivity (Wildman–Crippen MR) is 80.9 cm³/mol. The summed E-state index contributed by atoms with van der Waals surface area (Å²) in [6.45, 7) is 0. The molecule has 0 radical (unpaired) electrons. The van der Waals surface area contributed by atoms with Gasteiger partial charge in [-0.25, -0.2) is 5.48 Å². The van der Waals surface area contributed by atoms with Crippen molar-refractivity contribution in [3.05, 3.63) is 27.3 Å². The van der Waals surface area contributed by atoms with Crippen LogP contribution in [-0.4, -0.2) is 19.1 Å². The van der Waals surface area contributed by atoms with Gasteiger partial charge in [-0.3, -0.25) is 9.63 Å². The second kappa shape index (κ2) is 7.09. The summed E-state index contributed by atoms with van der Waals surface area (Å²) in [4.78, 5) is 16.2. The Hall–Kier alpha value is -0.820. The van der Waals surface area contributed by atoms with Crippen LogP contribution in [0.15, 0.2) is 18.2 Å². The Bertz CT molecular complexity index is 444. The fraction of sp³-hybridized carbons (Fsp3) is 0.500. The fourth-order valence-corrected chi connectivity index (χ4v) is 2.81. The molecule has 1 fully saturated rings. The second-order valence-electron chi connectivity index (χ2n) is 4.68.